The number of halogens is 4. The number of nitrogens with zero attached hydrogens (tertiary/aromatic N) is 2. The zero-order valence-corrected chi connectivity index (χ0v) is 9.29. The topological polar surface area (TPSA) is 56.0 Å². The minimum Gasteiger partial charge on any atom is -0.358 e. The second kappa shape index (κ2) is 4.30. The summed E-state index contributed by atoms with van der Waals surface area (Å²) in [6.07, 6.45) is -2.00. The third-order valence-corrected chi connectivity index (χ3v) is 2.75. The van der Waals surface area contributed by atoms with E-state index in [9.17, 15) is 18.9 Å². The maximum atomic E-state index is 12.4. The van der Waals surface area contributed by atoms with E-state index in [0.29, 0.717) is 0 Å². The first-order chi connectivity index (χ1) is 6.45. The van der Waals surface area contributed by atoms with Gasteiger partial charge in [-0.25, -0.2) is 8.78 Å². The molecule has 1 aromatic rings. The molecule has 0 aliphatic rings. The van der Waals surface area contributed by atoms with E-state index >= 15 is 0 Å². The molecule has 0 bridgehead atoms. The maximum Gasteiger partial charge on any atom is 0.377 e. The van der Waals surface area contributed by atoms with Gasteiger partial charge in [-0.1, -0.05) is 11.6 Å². The Morgan fingerprint density at radius 2 is 2.21 bits per heavy atom. The van der Waals surface area contributed by atoms with Crippen LogP contribution in [0.25, 0.3) is 0 Å². The van der Waals surface area contributed by atoms with E-state index in [4.69, 9.17) is 11.6 Å². The largest absolute Gasteiger partial charge is 0.377 e. The molecule has 0 aliphatic heterocycles. The molecule has 0 saturated carbocycles. The zero-order chi connectivity index (χ0) is 10.9. The molecule has 0 saturated heterocycles. The molecule has 0 aliphatic carbocycles. The van der Waals surface area contributed by atoms with Crippen molar-refractivity contribution in [1.29, 1.82) is 0 Å². The summed E-state index contributed by atoms with van der Waals surface area (Å²) in [5, 5.41) is 10.1. The molecule has 76 valence electrons. The third kappa shape index (κ3) is 2.08. The van der Waals surface area contributed by atoms with Crippen molar-refractivity contribution in [1.82, 2.24) is 4.98 Å². The maximum absolute atomic E-state index is 12.4. The highest BCUT2D eigenvalue weighted by atomic mass is 127. The van der Waals surface area contributed by atoms with Crippen molar-refractivity contribution in [2.75, 3.05) is 0 Å². The van der Waals surface area contributed by atoms with Gasteiger partial charge in [0.25, 0.3) is 6.43 Å². The van der Waals surface area contributed by atoms with Gasteiger partial charge in [-0.3, -0.25) is 0 Å². The summed E-state index contributed by atoms with van der Waals surface area (Å²) in [7, 11) is 0. The number of nitro groups is 1. The van der Waals surface area contributed by atoms with Crippen LogP contribution in [0.15, 0.2) is 6.20 Å². The fourth-order valence-electron chi connectivity index (χ4n) is 0.797. The number of hydrogen-bond acceptors (Lipinski definition) is 3. The summed E-state index contributed by atoms with van der Waals surface area (Å²) in [6, 6.07) is 0. The van der Waals surface area contributed by atoms with E-state index < -0.39 is 22.7 Å². The Morgan fingerprint density at radius 1 is 1.64 bits per heavy atom. The SMILES string of the molecule is O=[N+]([O-])c1ncc(Cl)c(C(F)F)c1I. The summed E-state index contributed by atoms with van der Waals surface area (Å²) < 4.78 is 24.6. The first-order valence-electron chi connectivity index (χ1n) is 3.21. The number of hydrogen-bond donors (Lipinski definition) is 0. The zero-order valence-electron chi connectivity index (χ0n) is 6.38. The molecule has 0 N–H and O–H groups in total. The van der Waals surface area contributed by atoms with Crippen LogP contribution >= 0.6 is 34.2 Å². The molecule has 0 spiro atoms. The average molecular weight is 334 g/mol. The van der Waals surface area contributed by atoms with Crippen LogP contribution in [0.5, 0.6) is 0 Å². The smallest absolute Gasteiger partial charge is 0.358 e. The van der Waals surface area contributed by atoms with Crippen LogP contribution in [0.3, 0.4) is 0 Å². The Kier molecular flexibility index (Phi) is 3.53. The van der Waals surface area contributed by atoms with Gasteiger partial charge in [-0.15, -0.1) is 0 Å². The van der Waals surface area contributed by atoms with Crippen LogP contribution in [0.2, 0.25) is 5.02 Å². The van der Waals surface area contributed by atoms with Crippen molar-refractivity contribution in [3.05, 3.63) is 30.5 Å². The molecule has 14 heavy (non-hydrogen) atoms. The van der Waals surface area contributed by atoms with Gasteiger partial charge in [0.15, 0.2) is 6.20 Å². The first kappa shape index (κ1) is 11.5. The Balaban J connectivity index is 3.41. The number of rotatable bonds is 2. The normalized spacial score (nSPS) is 10.6. The second-order valence-corrected chi connectivity index (χ2v) is 3.70. The highest BCUT2D eigenvalue weighted by Gasteiger charge is 2.25. The fourth-order valence-corrected chi connectivity index (χ4v) is 2.04. The molecule has 0 aromatic carbocycles. The Bertz CT molecular complexity index is 388. The summed E-state index contributed by atoms with van der Waals surface area (Å²) in [5.74, 6) is -0.606. The number of pyridine rings is 1. The van der Waals surface area contributed by atoms with Crippen molar-refractivity contribution in [2.24, 2.45) is 0 Å². The van der Waals surface area contributed by atoms with Gasteiger partial charge in [0, 0.05) is 0 Å². The lowest BCUT2D eigenvalue weighted by Crippen LogP contribution is -2.00. The van der Waals surface area contributed by atoms with Crippen molar-refractivity contribution in [2.45, 2.75) is 6.43 Å². The van der Waals surface area contributed by atoms with Crippen molar-refractivity contribution < 1.29 is 13.7 Å². The van der Waals surface area contributed by atoms with E-state index in [1.165, 1.54) is 22.6 Å². The molecule has 0 unspecified atom stereocenters. The highest BCUT2D eigenvalue weighted by Crippen LogP contribution is 2.34. The first-order valence-corrected chi connectivity index (χ1v) is 4.67. The summed E-state index contributed by atoms with van der Waals surface area (Å²) >= 11 is 6.86. The predicted molar refractivity (Wildman–Crippen MR) is 53.6 cm³/mol. The Morgan fingerprint density at radius 3 is 2.64 bits per heavy atom. The van der Waals surface area contributed by atoms with Crippen LogP contribution in [0.1, 0.15) is 12.0 Å². The van der Waals surface area contributed by atoms with Crippen molar-refractivity contribution in [3.63, 3.8) is 0 Å². The summed E-state index contributed by atoms with van der Waals surface area (Å²) in [5.41, 5.74) is -0.547. The molecule has 0 amide bonds. The summed E-state index contributed by atoms with van der Waals surface area (Å²) in [4.78, 5) is 12.9. The third-order valence-electron chi connectivity index (χ3n) is 1.38. The highest BCUT2D eigenvalue weighted by molar-refractivity contribution is 14.1. The second-order valence-electron chi connectivity index (χ2n) is 2.22. The van der Waals surface area contributed by atoms with E-state index in [2.05, 4.69) is 4.98 Å². The fraction of sp³-hybridized carbons (Fsp3) is 0.167. The van der Waals surface area contributed by atoms with E-state index in [-0.39, 0.29) is 8.59 Å². The lowest BCUT2D eigenvalue weighted by molar-refractivity contribution is -0.390. The van der Waals surface area contributed by atoms with Crippen LogP contribution in [-0.2, 0) is 0 Å². The van der Waals surface area contributed by atoms with Gasteiger partial charge in [-0.05, 0) is 32.5 Å². The van der Waals surface area contributed by atoms with Crippen LogP contribution in [-0.4, -0.2) is 9.91 Å². The Hall–Kier alpha value is -0.570. The molecular weight excluding hydrogens is 332 g/mol. The average Bonchev–Trinajstić information content (AvgIpc) is 2.02. The van der Waals surface area contributed by atoms with Crippen LogP contribution in [0.4, 0.5) is 14.6 Å². The van der Waals surface area contributed by atoms with E-state index in [0.717, 1.165) is 6.20 Å². The lowest BCUT2D eigenvalue weighted by atomic mass is 10.3. The number of alkyl halides is 2. The van der Waals surface area contributed by atoms with Crippen molar-refractivity contribution >= 4 is 40.0 Å². The van der Waals surface area contributed by atoms with Gasteiger partial charge < -0.3 is 10.1 Å². The van der Waals surface area contributed by atoms with Crippen LogP contribution < -0.4 is 0 Å². The van der Waals surface area contributed by atoms with Gasteiger partial charge in [0.2, 0.25) is 0 Å². The molecule has 1 aromatic heterocycles. The van der Waals surface area contributed by atoms with Crippen molar-refractivity contribution in [3.8, 4) is 0 Å². The molecular formula is C6H2ClF2IN2O2. The molecule has 0 radical (unpaired) electrons. The minimum atomic E-state index is -2.85. The molecule has 8 heteroatoms. The minimum absolute atomic E-state index is 0.227. The summed E-state index contributed by atoms with van der Waals surface area (Å²) in [6.45, 7) is 0. The Labute approximate surface area is 95.6 Å². The van der Waals surface area contributed by atoms with Gasteiger partial charge in [0.1, 0.15) is 3.57 Å². The molecule has 0 atom stereocenters. The van der Waals surface area contributed by atoms with E-state index in [1.54, 1.807) is 0 Å². The molecule has 1 rings (SSSR count). The molecule has 1 heterocycles. The van der Waals surface area contributed by atoms with Crippen LogP contribution in [0, 0.1) is 13.7 Å². The lowest BCUT2D eigenvalue weighted by Gasteiger charge is -2.04. The molecule has 4 nitrogen and oxygen atoms in total. The molecule has 0 fully saturated rings. The van der Waals surface area contributed by atoms with E-state index in [1.807, 2.05) is 0 Å². The monoisotopic (exact) mass is 334 g/mol. The van der Waals surface area contributed by atoms with Gasteiger partial charge >= 0.3 is 5.82 Å². The standard InChI is InChI=1S/C6H2ClF2IN2O2/c7-2-1-11-6(12(13)14)4(10)3(2)5(8)9/h1,5H. The van der Waals surface area contributed by atoms with Gasteiger partial charge in [-0.2, -0.15) is 0 Å². The van der Waals surface area contributed by atoms with Gasteiger partial charge in [0.05, 0.1) is 10.6 Å². The quantitative estimate of drug-likeness (QED) is 0.474. The predicted octanol–water partition coefficient (Wildman–Crippen LogP) is 3.19. The number of aromatic nitrogens is 1.